The second-order valence-corrected chi connectivity index (χ2v) is 18.9. The summed E-state index contributed by atoms with van der Waals surface area (Å²) in [5.41, 5.74) is 1.54. The molecule has 0 radical (unpaired) electrons. The Balaban J connectivity index is 2.79. The van der Waals surface area contributed by atoms with Gasteiger partial charge in [-0.2, -0.15) is 0 Å². The van der Waals surface area contributed by atoms with Gasteiger partial charge in [0, 0.05) is 24.6 Å². The predicted molar refractivity (Wildman–Crippen MR) is 141 cm³/mol. The van der Waals surface area contributed by atoms with Crippen LogP contribution in [0.5, 0.6) is 0 Å². The van der Waals surface area contributed by atoms with E-state index in [1.165, 1.54) is 13.1 Å². The lowest BCUT2D eigenvalue weighted by molar-refractivity contribution is 0.0560. The number of halogens is 2. The molecule has 0 fully saturated rings. The summed E-state index contributed by atoms with van der Waals surface area (Å²) < 4.78 is 51.7. The van der Waals surface area contributed by atoms with Crippen LogP contribution in [0.2, 0.25) is 19.6 Å². The highest BCUT2D eigenvalue weighted by molar-refractivity contribution is 7.95. The van der Waals surface area contributed by atoms with Crippen LogP contribution in [0, 0.1) is 17.3 Å². The quantitative estimate of drug-likeness (QED) is 0.423. The number of carbonyl (C=O) groups excluding carboxylic acids is 1. The van der Waals surface area contributed by atoms with Crippen molar-refractivity contribution in [1.29, 1.82) is 0 Å². The molecule has 10 heteroatoms. The number of benzene rings is 1. The second-order valence-electron chi connectivity index (χ2n) is 11.2. The standard InChI is InChI=1S/C25H37F2N3O3SSi/c1-23(2,3)33-22(31)29-21-24(4,5)34(32,28-6)17-25(30-21,13-14-26)19-16-18(10-11-20(19)27)12-15-35(7,8)9/h10-11,16H,13-14,17H2,1-9H3,(H,29,30,31)/t25-,34+/m1/s1. The first kappa shape index (κ1) is 29.0. The number of ether oxygens (including phenoxy) is 1. The van der Waals surface area contributed by atoms with Gasteiger partial charge in [0.25, 0.3) is 0 Å². The Morgan fingerprint density at radius 3 is 2.46 bits per heavy atom. The molecule has 0 aromatic heterocycles. The summed E-state index contributed by atoms with van der Waals surface area (Å²) in [6.07, 6.45) is -1.04. The fraction of sp³-hybridized carbons (Fsp3) is 0.600. The maximum Gasteiger partial charge on any atom is 0.413 e. The zero-order chi connectivity index (χ0) is 26.9. The van der Waals surface area contributed by atoms with Crippen LogP contribution in [0.25, 0.3) is 0 Å². The average Bonchev–Trinajstić information content (AvgIpc) is 2.69. The number of alkyl carbamates (subject to hydrolysis) is 1. The van der Waals surface area contributed by atoms with Crippen molar-refractivity contribution in [3.8, 4) is 11.5 Å². The van der Waals surface area contributed by atoms with E-state index < -0.39 is 52.3 Å². The summed E-state index contributed by atoms with van der Waals surface area (Å²) in [6.45, 7) is 13.8. The van der Waals surface area contributed by atoms with Gasteiger partial charge in [0.2, 0.25) is 0 Å². The SMILES string of the molecule is CN=[S@]1(=O)C[C@](CCF)(c2cc(C#C[Si](C)(C)C)ccc2F)N=C(NC(=O)OC(C)(C)C)C1(C)C. The Bertz CT molecular complexity index is 1200. The van der Waals surface area contributed by atoms with Crippen LogP contribution in [-0.2, 0) is 20.0 Å². The predicted octanol–water partition coefficient (Wildman–Crippen LogP) is 5.42. The van der Waals surface area contributed by atoms with Crippen LogP contribution >= 0.6 is 0 Å². The molecule has 0 saturated carbocycles. The van der Waals surface area contributed by atoms with Crippen LogP contribution in [-0.4, -0.2) is 54.0 Å². The molecule has 1 aliphatic heterocycles. The summed E-state index contributed by atoms with van der Waals surface area (Å²) in [6, 6.07) is 4.37. The number of amides is 1. The Morgan fingerprint density at radius 1 is 1.31 bits per heavy atom. The smallest absolute Gasteiger partial charge is 0.413 e. The maximum atomic E-state index is 15.3. The fourth-order valence-electron chi connectivity index (χ4n) is 3.68. The third-order valence-corrected chi connectivity index (χ3v) is 9.72. The Morgan fingerprint density at radius 2 is 1.94 bits per heavy atom. The van der Waals surface area contributed by atoms with E-state index in [1.807, 2.05) is 0 Å². The van der Waals surface area contributed by atoms with Gasteiger partial charge >= 0.3 is 6.09 Å². The van der Waals surface area contributed by atoms with Gasteiger partial charge < -0.3 is 4.74 Å². The van der Waals surface area contributed by atoms with E-state index in [0.717, 1.165) is 0 Å². The lowest BCUT2D eigenvalue weighted by Gasteiger charge is -2.43. The number of rotatable bonds is 3. The van der Waals surface area contributed by atoms with Crippen molar-refractivity contribution in [3.05, 3.63) is 35.1 Å². The van der Waals surface area contributed by atoms with Crippen molar-refractivity contribution in [3.63, 3.8) is 0 Å². The van der Waals surface area contributed by atoms with Gasteiger partial charge in [-0.1, -0.05) is 25.6 Å². The molecular weight excluding hydrogens is 488 g/mol. The fourth-order valence-corrected chi connectivity index (χ4v) is 6.56. The number of nitrogens with one attached hydrogen (secondary N) is 1. The molecule has 35 heavy (non-hydrogen) atoms. The van der Waals surface area contributed by atoms with Gasteiger partial charge in [0.15, 0.2) is 0 Å². The summed E-state index contributed by atoms with van der Waals surface area (Å²) in [5.74, 6) is 2.29. The minimum Gasteiger partial charge on any atom is -0.444 e. The van der Waals surface area contributed by atoms with Crippen molar-refractivity contribution in [2.75, 3.05) is 19.5 Å². The monoisotopic (exact) mass is 525 g/mol. The van der Waals surface area contributed by atoms with E-state index in [2.05, 4.69) is 40.8 Å². The zero-order valence-electron chi connectivity index (χ0n) is 22.1. The molecule has 0 spiro atoms. The molecule has 1 aromatic carbocycles. The minimum atomic E-state index is -3.13. The third-order valence-electron chi connectivity index (χ3n) is 5.60. The molecule has 2 rings (SSSR count). The first-order valence-corrected chi connectivity index (χ1v) is 16.7. The van der Waals surface area contributed by atoms with E-state index in [-0.39, 0.29) is 23.6 Å². The molecule has 0 bridgehead atoms. The molecule has 0 unspecified atom stereocenters. The molecule has 1 heterocycles. The van der Waals surface area contributed by atoms with Gasteiger partial charge in [-0.15, -0.1) is 5.54 Å². The van der Waals surface area contributed by atoms with Crippen LogP contribution in [0.3, 0.4) is 0 Å². The van der Waals surface area contributed by atoms with E-state index in [4.69, 9.17) is 9.73 Å². The van der Waals surface area contributed by atoms with Crippen molar-refractivity contribution < 1.29 is 22.5 Å². The summed E-state index contributed by atoms with van der Waals surface area (Å²) in [5, 5.41) is 2.60. The highest BCUT2D eigenvalue weighted by atomic mass is 32.2. The first-order chi connectivity index (χ1) is 15.9. The van der Waals surface area contributed by atoms with Crippen LogP contribution in [0.1, 0.15) is 52.2 Å². The normalized spacial score (nSPS) is 24.0. The molecular formula is C25H37F2N3O3SSi. The highest BCUT2D eigenvalue weighted by Crippen LogP contribution is 2.42. The molecule has 1 N–H and O–H groups in total. The summed E-state index contributed by atoms with van der Waals surface area (Å²) in [7, 11) is -3.42. The third kappa shape index (κ3) is 6.70. The van der Waals surface area contributed by atoms with E-state index in [0.29, 0.717) is 5.56 Å². The second kappa shape index (κ2) is 10.0. The molecule has 1 aliphatic rings. The molecule has 6 nitrogen and oxygen atoms in total. The number of hydrogen-bond acceptors (Lipinski definition) is 5. The molecule has 0 saturated heterocycles. The summed E-state index contributed by atoms with van der Waals surface area (Å²) >= 11 is 0. The molecule has 1 amide bonds. The van der Waals surface area contributed by atoms with Crippen molar-refractivity contribution in [2.45, 2.75) is 76.6 Å². The molecule has 194 valence electrons. The van der Waals surface area contributed by atoms with Gasteiger partial charge in [0.05, 0.1) is 22.2 Å². The zero-order valence-corrected chi connectivity index (χ0v) is 24.0. The molecule has 1 aromatic rings. The highest BCUT2D eigenvalue weighted by Gasteiger charge is 2.51. The van der Waals surface area contributed by atoms with Crippen molar-refractivity contribution >= 4 is 29.7 Å². The Labute approximate surface area is 209 Å². The molecule has 0 aliphatic carbocycles. The molecule has 2 atom stereocenters. The lowest BCUT2D eigenvalue weighted by Crippen LogP contribution is -2.58. The number of aliphatic imine (C=N–C) groups is 1. The van der Waals surface area contributed by atoms with Crippen LogP contribution in [0.15, 0.2) is 27.6 Å². The Hall–Kier alpha value is -2.25. The van der Waals surface area contributed by atoms with Gasteiger partial charge in [-0.05, 0) is 52.8 Å². The van der Waals surface area contributed by atoms with Crippen molar-refractivity contribution in [2.24, 2.45) is 9.36 Å². The lowest BCUT2D eigenvalue weighted by atomic mass is 9.87. The van der Waals surface area contributed by atoms with Crippen molar-refractivity contribution in [1.82, 2.24) is 5.32 Å². The average molecular weight is 526 g/mol. The summed E-state index contributed by atoms with van der Waals surface area (Å²) in [4.78, 5) is 17.3. The van der Waals surface area contributed by atoms with E-state index >= 15 is 4.39 Å². The van der Waals surface area contributed by atoms with Crippen LogP contribution in [0.4, 0.5) is 13.6 Å². The van der Waals surface area contributed by atoms with E-state index in [1.54, 1.807) is 46.8 Å². The van der Waals surface area contributed by atoms with Gasteiger partial charge in [-0.3, -0.25) is 14.7 Å². The number of alkyl halides is 1. The largest absolute Gasteiger partial charge is 0.444 e. The minimum absolute atomic E-state index is 0.0139. The van der Waals surface area contributed by atoms with Crippen LogP contribution < -0.4 is 5.32 Å². The topological polar surface area (TPSA) is 80.1 Å². The first-order valence-electron chi connectivity index (χ1n) is 11.5. The number of amidine groups is 1. The van der Waals surface area contributed by atoms with E-state index in [9.17, 15) is 13.4 Å². The van der Waals surface area contributed by atoms with Gasteiger partial charge in [0.1, 0.15) is 35.6 Å². The van der Waals surface area contributed by atoms with Gasteiger partial charge in [-0.25, -0.2) is 17.8 Å². The maximum absolute atomic E-state index is 15.3. The number of hydrogen-bond donors (Lipinski definition) is 1. The Kier molecular flexibility index (Phi) is 8.29. The number of nitrogens with zero attached hydrogens (tertiary/aromatic N) is 2. The number of carbonyl (C=O) groups is 1.